The summed E-state index contributed by atoms with van der Waals surface area (Å²) in [7, 11) is -4.72. The number of ether oxygens (including phenoxy) is 3. The van der Waals surface area contributed by atoms with Gasteiger partial charge in [-0.25, -0.2) is 14.1 Å². The number of hydrogen-bond acceptors (Lipinski definition) is 12. The van der Waals surface area contributed by atoms with Crippen molar-refractivity contribution in [3.63, 3.8) is 0 Å². The third-order valence-electron chi connectivity index (χ3n) is 11.2. The fourth-order valence-electron chi connectivity index (χ4n) is 7.80. The number of aromatic nitrogens is 3. The quantitative estimate of drug-likeness (QED) is 0.0422. The molecule has 3 aromatic rings. The van der Waals surface area contributed by atoms with Gasteiger partial charge in [-0.15, -0.1) is 0 Å². The number of nitriles is 1. The molecule has 14 nitrogen and oxygen atoms in total. The zero-order valence-corrected chi connectivity index (χ0v) is 34.5. The minimum atomic E-state index is -4.72. The van der Waals surface area contributed by atoms with Crippen molar-refractivity contribution in [3.05, 3.63) is 59.0 Å². The van der Waals surface area contributed by atoms with Crippen LogP contribution in [-0.2, 0) is 52.9 Å². The van der Waals surface area contributed by atoms with Crippen LogP contribution < -0.4 is 5.73 Å². The van der Waals surface area contributed by atoms with Gasteiger partial charge in [0.1, 0.15) is 42.3 Å². The maximum absolute atomic E-state index is 13.1. The van der Waals surface area contributed by atoms with Crippen LogP contribution in [0.4, 0.5) is 5.82 Å². The van der Waals surface area contributed by atoms with E-state index in [1.807, 2.05) is 12.1 Å². The van der Waals surface area contributed by atoms with Crippen molar-refractivity contribution in [2.45, 2.75) is 159 Å². The molecule has 1 aliphatic carbocycles. The first-order valence-electron chi connectivity index (χ1n) is 21.1. The fourth-order valence-corrected chi connectivity index (χ4v) is 8.56. The van der Waals surface area contributed by atoms with Crippen LogP contribution in [0.25, 0.3) is 5.52 Å². The van der Waals surface area contributed by atoms with Gasteiger partial charge in [0.15, 0.2) is 5.82 Å². The topological polar surface area (TPSA) is 204 Å². The molecule has 0 amide bonds. The molecule has 0 saturated carbocycles. The zero-order valence-electron chi connectivity index (χ0n) is 33.6. The van der Waals surface area contributed by atoms with E-state index in [0.29, 0.717) is 12.1 Å². The zero-order chi connectivity index (χ0) is 40.5. The summed E-state index contributed by atoms with van der Waals surface area (Å²) >= 11 is 0. The molecule has 6 atom stereocenters. The number of rotatable bonds is 28. The molecule has 1 aromatic carbocycles. The molecular formula is C42H64N5O9P. The maximum Gasteiger partial charge on any atom is 0.472 e. The highest BCUT2D eigenvalue weighted by Crippen LogP contribution is 2.46. The van der Waals surface area contributed by atoms with E-state index in [9.17, 15) is 24.9 Å². The monoisotopic (exact) mass is 813 g/mol. The van der Waals surface area contributed by atoms with E-state index in [1.165, 1.54) is 112 Å². The second-order valence-electron chi connectivity index (χ2n) is 15.6. The lowest BCUT2D eigenvalue weighted by Crippen LogP contribution is -2.41. The molecule has 15 heteroatoms. The van der Waals surface area contributed by atoms with E-state index in [-0.39, 0.29) is 31.3 Å². The number of unbranched alkanes of at least 4 members (excludes halogenated alkanes) is 14. The molecule has 1 unspecified atom stereocenters. The summed E-state index contributed by atoms with van der Waals surface area (Å²) in [4.78, 5) is 14.6. The largest absolute Gasteiger partial charge is 0.472 e. The Balaban J connectivity index is 1.04. The molecule has 0 bridgehead atoms. The number of nitrogen functional groups attached to an aromatic ring is 1. The Hall–Kier alpha value is -2.96. The molecule has 1 saturated heterocycles. The molecule has 2 aliphatic rings. The van der Waals surface area contributed by atoms with Crippen molar-refractivity contribution >= 4 is 19.2 Å². The summed E-state index contributed by atoms with van der Waals surface area (Å²) in [5.41, 5.74) is 8.00. The Labute approximate surface area is 337 Å². The molecule has 57 heavy (non-hydrogen) atoms. The molecule has 5 rings (SSSR count). The van der Waals surface area contributed by atoms with E-state index in [1.54, 1.807) is 6.07 Å². The highest BCUT2D eigenvalue weighted by molar-refractivity contribution is 7.47. The average Bonchev–Trinajstić information content (AvgIpc) is 3.93. The molecule has 3 heterocycles. The van der Waals surface area contributed by atoms with Gasteiger partial charge >= 0.3 is 7.82 Å². The molecule has 2 aromatic heterocycles. The summed E-state index contributed by atoms with van der Waals surface area (Å²) in [6.07, 6.45) is 18.3. The normalized spacial score (nSPS) is 22.1. The Kier molecular flexibility index (Phi) is 18.2. The molecular weight excluding hydrogens is 749 g/mol. The van der Waals surface area contributed by atoms with Crippen molar-refractivity contribution < 1.29 is 42.9 Å². The Bertz CT molecular complexity index is 1750. The van der Waals surface area contributed by atoms with E-state index >= 15 is 0 Å². The first-order chi connectivity index (χ1) is 27.7. The van der Waals surface area contributed by atoms with Crippen LogP contribution in [-0.4, -0.2) is 80.5 Å². The SMILES string of the molecule is CCCCCCCCCCCCCCCCCOC[C@H](COP(=O)(O)OC[C@H]1O[C@@](C#N)(c2ccc3c(N)ncnn23)[C@H](O)[C@@H]1O)OCc1ccc2c(c1)CCC2. The van der Waals surface area contributed by atoms with Crippen LogP contribution in [0.3, 0.4) is 0 Å². The Morgan fingerprint density at radius 3 is 2.30 bits per heavy atom. The van der Waals surface area contributed by atoms with Crippen LogP contribution in [0.2, 0.25) is 0 Å². The smallest absolute Gasteiger partial charge is 0.387 e. The molecule has 5 N–H and O–H groups in total. The predicted octanol–water partition coefficient (Wildman–Crippen LogP) is 7.25. The summed E-state index contributed by atoms with van der Waals surface area (Å²) in [5.74, 6) is 0.139. The average molecular weight is 814 g/mol. The molecule has 0 spiro atoms. The van der Waals surface area contributed by atoms with E-state index in [2.05, 4.69) is 29.1 Å². The van der Waals surface area contributed by atoms with Crippen LogP contribution in [0.1, 0.15) is 132 Å². The van der Waals surface area contributed by atoms with Gasteiger partial charge < -0.3 is 35.1 Å². The number of nitrogens with zero attached hydrogens (tertiary/aromatic N) is 4. The summed E-state index contributed by atoms with van der Waals surface area (Å²) in [6, 6.07) is 11.3. The van der Waals surface area contributed by atoms with Gasteiger partial charge in [-0.05, 0) is 54.5 Å². The highest BCUT2D eigenvalue weighted by atomic mass is 31.2. The molecule has 316 valence electrons. The van der Waals surface area contributed by atoms with Gasteiger partial charge in [-0.3, -0.25) is 9.05 Å². The molecule has 1 aliphatic heterocycles. The Morgan fingerprint density at radius 2 is 1.61 bits per heavy atom. The minimum absolute atomic E-state index is 0.0966. The van der Waals surface area contributed by atoms with Gasteiger partial charge in [0.25, 0.3) is 0 Å². The minimum Gasteiger partial charge on any atom is -0.387 e. The third kappa shape index (κ3) is 13.0. The van der Waals surface area contributed by atoms with Crippen molar-refractivity contribution in [1.82, 2.24) is 14.6 Å². The summed E-state index contributed by atoms with van der Waals surface area (Å²) in [6.45, 7) is 2.28. The van der Waals surface area contributed by atoms with E-state index in [4.69, 9.17) is 29.0 Å². The lowest BCUT2D eigenvalue weighted by molar-refractivity contribution is -0.0690. The van der Waals surface area contributed by atoms with Crippen molar-refractivity contribution in [1.29, 1.82) is 5.26 Å². The number of fused-ring (bicyclic) bond motifs is 2. The van der Waals surface area contributed by atoms with Crippen LogP contribution >= 0.6 is 7.82 Å². The standard InChI is InChI=1S/C42H64N5O9P/c1-2-3-4-5-6-7-8-9-10-11-12-13-14-15-16-24-52-27-35(53-26-32-20-21-33-18-17-19-34(33)25-32)28-54-57(50,51)55-29-37-39(48)40(49)42(30-43,56-37)38-23-22-36-41(44)45-31-46-47(36)38/h20-23,25,31,35,37,39-40,48-49H,2-19,24,26-29H2,1H3,(H,50,51)(H2,44,45,46)/t35-,37-,39-,40-,42+/m1/s1. The first-order valence-corrected chi connectivity index (χ1v) is 22.6. The van der Waals surface area contributed by atoms with Crippen LogP contribution in [0, 0.1) is 11.3 Å². The van der Waals surface area contributed by atoms with Gasteiger partial charge in [0.05, 0.1) is 32.1 Å². The summed E-state index contributed by atoms with van der Waals surface area (Å²) in [5, 5.41) is 36.1. The number of benzene rings is 1. The van der Waals surface area contributed by atoms with Crippen LogP contribution in [0.5, 0.6) is 0 Å². The molecule has 1 fully saturated rings. The highest BCUT2D eigenvalue weighted by Gasteiger charge is 2.58. The maximum atomic E-state index is 13.1. The number of phosphoric acid groups is 1. The van der Waals surface area contributed by atoms with Crippen molar-refractivity contribution in [2.75, 3.05) is 32.2 Å². The molecule has 0 radical (unpaired) electrons. The van der Waals surface area contributed by atoms with E-state index < -0.39 is 44.4 Å². The van der Waals surface area contributed by atoms with Crippen molar-refractivity contribution in [2.24, 2.45) is 0 Å². The van der Waals surface area contributed by atoms with Gasteiger partial charge in [0, 0.05) is 6.61 Å². The number of anilines is 1. The lowest BCUT2D eigenvalue weighted by Gasteiger charge is -2.24. The third-order valence-corrected chi connectivity index (χ3v) is 12.1. The van der Waals surface area contributed by atoms with Gasteiger partial charge in [-0.1, -0.05) is 115 Å². The lowest BCUT2D eigenvalue weighted by atomic mass is 9.92. The van der Waals surface area contributed by atoms with Crippen LogP contribution in [0.15, 0.2) is 36.7 Å². The van der Waals surface area contributed by atoms with E-state index in [0.717, 1.165) is 37.7 Å². The number of aliphatic hydroxyl groups is 2. The number of aliphatic hydroxyl groups excluding tert-OH is 2. The van der Waals surface area contributed by atoms with Gasteiger partial charge in [0.2, 0.25) is 5.60 Å². The van der Waals surface area contributed by atoms with Crippen molar-refractivity contribution in [3.8, 4) is 6.07 Å². The number of nitrogens with two attached hydrogens (primary N) is 1. The predicted molar refractivity (Wildman–Crippen MR) is 216 cm³/mol. The number of phosphoric ester groups is 1. The second-order valence-corrected chi connectivity index (χ2v) is 17.0. The number of aryl methyl sites for hydroxylation is 2. The number of hydrogen-bond donors (Lipinski definition) is 4. The first kappa shape index (κ1) is 45.1. The second kappa shape index (κ2) is 23.0. The van der Waals surface area contributed by atoms with Gasteiger partial charge in [-0.2, -0.15) is 10.4 Å². The fraction of sp³-hybridized carbons (Fsp3) is 0.690. The summed E-state index contributed by atoms with van der Waals surface area (Å²) < 4.78 is 42.9. The Morgan fingerprint density at radius 1 is 0.947 bits per heavy atom.